The van der Waals surface area contributed by atoms with Gasteiger partial charge in [-0.2, -0.15) is 5.10 Å². The molecule has 5 aliphatic carbocycles. The van der Waals surface area contributed by atoms with E-state index in [1.54, 1.807) is 10.9 Å². The Balaban J connectivity index is 1.43. The van der Waals surface area contributed by atoms with Crippen LogP contribution in [0.5, 0.6) is 0 Å². The van der Waals surface area contributed by atoms with Gasteiger partial charge in [0.25, 0.3) is 0 Å². The normalized spacial score (nSPS) is 44.1. The van der Waals surface area contributed by atoms with E-state index in [1.807, 2.05) is 13.1 Å². The Bertz CT molecular complexity index is 1280. The zero-order valence-corrected chi connectivity index (χ0v) is 26.1. The van der Waals surface area contributed by atoms with Crippen LogP contribution in [0.3, 0.4) is 0 Å². The molecule has 5 aliphatic rings. The minimum Gasteiger partial charge on any atom is -0.393 e. The number of aliphatic hydroxyl groups is 1. The number of aliphatic hydroxyl groups excluding tert-OH is 1. The topological polar surface area (TPSA) is 84.2 Å². The van der Waals surface area contributed by atoms with Crippen LogP contribution in [-0.2, 0) is 16.6 Å². The van der Waals surface area contributed by atoms with Crippen molar-refractivity contribution in [2.45, 2.75) is 112 Å². The van der Waals surface area contributed by atoms with Crippen LogP contribution >= 0.6 is 0 Å². The van der Waals surface area contributed by atoms with Crippen molar-refractivity contribution in [2.24, 2.45) is 57.8 Å². The molecule has 0 saturated heterocycles. The van der Waals surface area contributed by atoms with Crippen molar-refractivity contribution in [3.63, 3.8) is 0 Å². The molecule has 0 aliphatic heterocycles. The highest BCUT2D eigenvalue weighted by atomic mass is 16.3. The number of hydrogen-bond acceptors (Lipinski definition) is 4. The highest BCUT2D eigenvalue weighted by molar-refractivity contribution is 6.09. The van der Waals surface area contributed by atoms with Gasteiger partial charge in [0.15, 0.2) is 5.78 Å². The van der Waals surface area contributed by atoms with Gasteiger partial charge < -0.3 is 10.4 Å². The first-order valence-corrected chi connectivity index (χ1v) is 15.9. The summed E-state index contributed by atoms with van der Waals surface area (Å²) in [5.41, 5.74) is 1.67. The van der Waals surface area contributed by atoms with Crippen molar-refractivity contribution >= 4 is 17.5 Å². The van der Waals surface area contributed by atoms with Gasteiger partial charge in [-0.1, -0.05) is 48.5 Å². The Morgan fingerprint density at radius 2 is 1.73 bits per heavy atom. The quantitative estimate of drug-likeness (QED) is 0.439. The van der Waals surface area contributed by atoms with E-state index in [2.05, 4.69) is 58.9 Å². The number of carbonyl (C=O) groups excluding carboxylic acids is 2. The van der Waals surface area contributed by atoms with E-state index in [0.717, 1.165) is 56.9 Å². The van der Waals surface area contributed by atoms with E-state index in [-0.39, 0.29) is 51.3 Å². The number of aromatic nitrogens is 2. The number of nitrogens with one attached hydrogen (secondary N) is 1. The first-order valence-electron chi connectivity index (χ1n) is 15.9. The lowest BCUT2D eigenvalue weighted by Crippen LogP contribution is -2.66. The standard InChI is InChI=1S/C34H51N3O3/c1-20(2)27-22(38)19-34(29(40)36-26-13-18-35-37(26)8)17-16-32(6)21(28(27)34)9-10-24-31(5)14-12-25(39)30(3,4)23(31)11-15-33(24,32)7/h13,18,20-21,23-25,39H,9-12,14-17,19H2,1-8H3,(H,36,40)/t21-,23+,24-,25+,31+,32-,33-,34-/m1/s1. The van der Waals surface area contributed by atoms with Crippen molar-refractivity contribution in [3.8, 4) is 0 Å². The van der Waals surface area contributed by atoms with Gasteiger partial charge in [0.2, 0.25) is 5.91 Å². The summed E-state index contributed by atoms with van der Waals surface area (Å²) in [5.74, 6) is 2.29. The van der Waals surface area contributed by atoms with Crippen LogP contribution in [0.1, 0.15) is 106 Å². The third kappa shape index (κ3) is 3.40. The number of aryl methyl sites for hydroxylation is 1. The molecule has 0 aromatic carbocycles. The van der Waals surface area contributed by atoms with Crippen LogP contribution in [0.15, 0.2) is 23.4 Å². The Labute approximate surface area is 240 Å². The van der Waals surface area contributed by atoms with E-state index in [4.69, 9.17) is 0 Å². The zero-order valence-electron chi connectivity index (χ0n) is 26.1. The fraction of sp³-hybridized carbons (Fsp3) is 0.794. The monoisotopic (exact) mass is 549 g/mol. The van der Waals surface area contributed by atoms with Gasteiger partial charge in [0.05, 0.1) is 17.7 Å². The zero-order chi connectivity index (χ0) is 29.0. The summed E-state index contributed by atoms with van der Waals surface area (Å²) in [7, 11) is 1.84. The molecule has 0 spiro atoms. The second-order valence-electron chi connectivity index (χ2n) is 15.9. The first-order chi connectivity index (χ1) is 18.6. The molecule has 0 radical (unpaired) electrons. The SMILES string of the molecule is CC(C)C1=C2[C@H]3CC[C@@H]4[C@@]5(C)CC[C@H](O)C(C)(C)[C@@H]5CC[C@@]4(C)[C@]3(C)CC[C@@]2(C(=O)Nc2ccnn2C)CC1=O. The largest absolute Gasteiger partial charge is 0.393 e. The van der Waals surface area contributed by atoms with Crippen molar-refractivity contribution < 1.29 is 14.7 Å². The molecule has 40 heavy (non-hydrogen) atoms. The van der Waals surface area contributed by atoms with Crippen LogP contribution in [0.4, 0.5) is 5.82 Å². The highest BCUT2D eigenvalue weighted by Crippen LogP contribution is 2.76. The fourth-order valence-electron chi connectivity index (χ4n) is 11.6. The van der Waals surface area contributed by atoms with Gasteiger partial charge >= 0.3 is 0 Å². The maximum atomic E-state index is 14.3. The highest BCUT2D eigenvalue weighted by Gasteiger charge is 2.70. The molecular formula is C34H51N3O3. The Hall–Kier alpha value is -1.95. The Kier molecular flexibility index (Phi) is 6.19. The number of anilines is 1. The number of hydrogen-bond donors (Lipinski definition) is 2. The summed E-state index contributed by atoms with van der Waals surface area (Å²) in [6.45, 7) is 16.5. The van der Waals surface area contributed by atoms with E-state index in [9.17, 15) is 14.7 Å². The van der Waals surface area contributed by atoms with Gasteiger partial charge in [0.1, 0.15) is 5.82 Å². The average molecular weight is 550 g/mol. The maximum Gasteiger partial charge on any atom is 0.236 e. The number of carbonyl (C=O) groups is 2. The summed E-state index contributed by atoms with van der Waals surface area (Å²) >= 11 is 0. The van der Waals surface area contributed by atoms with Crippen LogP contribution in [0.2, 0.25) is 0 Å². The van der Waals surface area contributed by atoms with E-state index < -0.39 is 5.41 Å². The minimum absolute atomic E-state index is 0.0249. The lowest BCUT2D eigenvalue weighted by atomic mass is 9.33. The summed E-state index contributed by atoms with van der Waals surface area (Å²) in [6, 6.07) is 1.83. The molecule has 0 bridgehead atoms. The maximum absolute atomic E-state index is 14.3. The molecule has 4 fully saturated rings. The van der Waals surface area contributed by atoms with E-state index in [1.165, 1.54) is 5.57 Å². The lowest BCUT2D eigenvalue weighted by Gasteiger charge is -2.72. The van der Waals surface area contributed by atoms with Gasteiger partial charge in [0, 0.05) is 19.5 Å². The summed E-state index contributed by atoms with van der Waals surface area (Å²) in [4.78, 5) is 28.0. The van der Waals surface area contributed by atoms with Crippen LogP contribution in [0, 0.1) is 50.7 Å². The molecule has 6 rings (SSSR count). The molecule has 1 aromatic rings. The number of allylic oxidation sites excluding steroid dienone is 1. The van der Waals surface area contributed by atoms with E-state index in [0.29, 0.717) is 24.1 Å². The molecule has 8 atom stereocenters. The number of fused-ring (bicyclic) bond motifs is 7. The minimum atomic E-state index is -0.758. The molecule has 6 heteroatoms. The third-order valence-corrected chi connectivity index (χ3v) is 13.9. The van der Waals surface area contributed by atoms with Gasteiger partial charge in [-0.05, 0) is 108 Å². The smallest absolute Gasteiger partial charge is 0.236 e. The number of rotatable bonds is 3. The molecule has 6 nitrogen and oxygen atoms in total. The van der Waals surface area contributed by atoms with Gasteiger partial charge in [-0.15, -0.1) is 0 Å². The third-order valence-electron chi connectivity index (χ3n) is 13.9. The summed E-state index contributed by atoms with van der Waals surface area (Å²) < 4.78 is 1.69. The molecule has 1 aromatic heterocycles. The van der Waals surface area contributed by atoms with Crippen molar-refractivity contribution in [3.05, 3.63) is 23.4 Å². The number of Topliss-reactive ketones (excluding diaryl/α,β-unsaturated/α-hetero) is 1. The fourth-order valence-corrected chi connectivity index (χ4v) is 11.6. The second kappa shape index (κ2) is 8.78. The molecule has 0 unspecified atom stereocenters. The van der Waals surface area contributed by atoms with Gasteiger partial charge in [-0.3, -0.25) is 14.3 Å². The number of amides is 1. The lowest BCUT2D eigenvalue weighted by molar-refractivity contribution is -0.228. The molecule has 1 amide bonds. The first kappa shape index (κ1) is 28.2. The predicted octanol–water partition coefficient (Wildman–Crippen LogP) is 6.70. The van der Waals surface area contributed by atoms with Gasteiger partial charge in [-0.25, -0.2) is 0 Å². The number of ketones is 1. The second-order valence-corrected chi connectivity index (χ2v) is 15.9. The Morgan fingerprint density at radius 1 is 1.00 bits per heavy atom. The summed E-state index contributed by atoms with van der Waals surface area (Å²) in [5, 5.41) is 18.4. The van der Waals surface area contributed by atoms with Crippen molar-refractivity contribution in [1.82, 2.24) is 9.78 Å². The average Bonchev–Trinajstić information content (AvgIpc) is 3.42. The van der Waals surface area contributed by atoms with E-state index >= 15 is 0 Å². The number of nitrogens with zero attached hydrogens (tertiary/aromatic N) is 2. The summed E-state index contributed by atoms with van der Waals surface area (Å²) in [6.07, 6.45) is 9.96. The molecular weight excluding hydrogens is 498 g/mol. The van der Waals surface area contributed by atoms with Crippen LogP contribution in [0.25, 0.3) is 0 Å². The van der Waals surface area contributed by atoms with Crippen LogP contribution < -0.4 is 5.32 Å². The van der Waals surface area contributed by atoms with Crippen LogP contribution in [-0.4, -0.2) is 32.7 Å². The van der Waals surface area contributed by atoms with Crippen molar-refractivity contribution in [1.29, 1.82) is 0 Å². The molecule has 220 valence electrons. The Morgan fingerprint density at radius 3 is 2.38 bits per heavy atom. The van der Waals surface area contributed by atoms with Crippen molar-refractivity contribution in [2.75, 3.05) is 5.32 Å². The molecule has 1 heterocycles. The predicted molar refractivity (Wildman–Crippen MR) is 157 cm³/mol. The molecule has 2 N–H and O–H groups in total. The molecule has 4 saturated carbocycles.